The van der Waals surface area contributed by atoms with Crippen LogP contribution in [0, 0.1) is 13.8 Å². The molecule has 0 aliphatic carbocycles. The maximum Gasteiger partial charge on any atom is 0.245 e. The fraction of sp³-hybridized carbons (Fsp3) is 0.636. The summed E-state index contributed by atoms with van der Waals surface area (Å²) in [4.78, 5) is 11.4. The van der Waals surface area contributed by atoms with Crippen molar-refractivity contribution in [3.05, 3.63) is 11.5 Å². The number of hydrogen-bond acceptors (Lipinski definition) is 7. The first-order chi connectivity index (χ1) is 10.0. The highest BCUT2D eigenvalue weighted by molar-refractivity contribution is 7.90. The Bertz CT molecular complexity index is 716. The van der Waals surface area contributed by atoms with Crippen LogP contribution in [0.25, 0.3) is 0 Å². The molecule has 9 nitrogen and oxygen atoms in total. The molecule has 1 heterocycles. The zero-order valence-electron chi connectivity index (χ0n) is 12.5. The van der Waals surface area contributed by atoms with Crippen LogP contribution in [-0.4, -0.2) is 53.0 Å². The van der Waals surface area contributed by atoms with Crippen LogP contribution in [0.4, 0.5) is 0 Å². The van der Waals surface area contributed by atoms with Crippen LogP contribution < -0.4 is 10.0 Å². The molecule has 0 radical (unpaired) electrons. The Kier molecular flexibility index (Phi) is 6.08. The molecule has 0 bridgehead atoms. The smallest absolute Gasteiger partial charge is 0.245 e. The molecule has 0 atom stereocenters. The van der Waals surface area contributed by atoms with Crippen LogP contribution in [0.15, 0.2) is 9.42 Å². The Balaban J connectivity index is 2.45. The predicted molar refractivity (Wildman–Crippen MR) is 78.5 cm³/mol. The molecule has 0 aromatic carbocycles. The summed E-state index contributed by atoms with van der Waals surface area (Å²) in [6, 6.07) is 0. The minimum Gasteiger partial charge on any atom is -0.360 e. The lowest BCUT2D eigenvalue weighted by Crippen LogP contribution is -2.33. The Morgan fingerprint density at radius 2 is 1.82 bits per heavy atom. The summed E-state index contributed by atoms with van der Waals surface area (Å²) in [5.74, 6) is -0.434. The van der Waals surface area contributed by atoms with Gasteiger partial charge in [0, 0.05) is 25.8 Å². The molecule has 2 N–H and O–H groups in total. The highest BCUT2D eigenvalue weighted by atomic mass is 32.2. The van der Waals surface area contributed by atoms with Crippen molar-refractivity contribution < 1.29 is 26.2 Å². The summed E-state index contributed by atoms with van der Waals surface area (Å²) in [6.07, 6.45) is 0.962. The normalized spacial score (nSPS) is 12.3. The van der Waals surface area contributed by atoms with Gasteiger partial charge in [-0.2, -0.15) is 0 Å². The van der Waals surface area contributed by atoms with Gasteiger partial charge in [0.05, 0.1) is 5.75 Å². The lowest BCUT2D eigenvalue weighted by Gasteiger charge is -2.07. The Morgan fingerprint density at radius 3 is 2.32 bits per heavy atom. The molecule has 0 aliphatic heterocycles. The lowest BCUT2D eigenvalue weighted by molar-refractivity contribution is -0.120. The number of aryl methyl sites for hydroxylation is 2. The van der Waals surface area contributed by atoms with Gasteiger partial charge < -0.3 is 9.84 Å². The largest absolute Gasteiger partial charge is 0.360 e. The molecule has 0 fully saturated rings. The van der Waals surface area contributed by atoms with E-state index in [-0.39, 0.29) is 41.6 Å². The van der Waals surface area contributed by atoms with E-state index in [0.717, 1.165) is 6.26 Å². The lowest BCUT2D eigenvalue weighted by atomic mass is 10.4. The monoisotopic (exact) mass is 353 g/mol. The topological polar surface area (TPSA) is 135 Å². The van der Waals surface area contributed by atoms with E-state index in [1.165, 1.54) is 13.8 Å². The minimum absolute atomic E-state index is 0.00567. The molecular formula is C11H19N3O6S2. The van der Waals surface area contributed by atoms with Gasteiger partial charge >= 0.3 is 0 Å². The molecule has 11 heteroatoms. The van der Waals surface area contributed by atoms with Gasteiger partial charge in [-0.1, -0.05) is 5.16 Å². The number of rotatable bonds is 8. The van der Waals surface area contributed by atoms with Crippen molar-refractivity contribution in [2.75, 3.05) is 25.1 Å². The van der Waals surface area contributed by atoms with Gasteiger partial charge in [0.2, 0.25) is 15.9 Å². The van der Waals surface area contributed by atoms with Crippen molar-refractivity contribution in [1.29, 1.82) is 0 Å². The van der Waals surface area contributed by atoms with Crippen LogP contribution in [0.1, 0.15) is 17.9 Å². The molecular weight excluding hydrogens is 334 g/mol. The first-order valence-electron chi connectivity index (χ1n) is 6.40. The second-order valence-corrected chi connectivity index (χ2v) is 8.74. The van der Waals surface area contributed by atoms with Crippen molar-refractivity contribution in [2.45, 2.75) is 25.2 Å². The van der Waals surface area contributed by atoms with Crippen LogP contribution in [0.3, 0.4) is 0 Å². The van der Waals surface area contributed by atoms with Gasteiger partial charge in [-0.05, 0) is 13.8 Å². The second kappa shape index (κ2) is 7.20. The molecule has 0 saturated carbocycles. The van der Waals surface area contributed by atoms with E-state index in [1.54, 1.807) is 0 Å². The fourth-order valence-electron chi connectivity index (χ4n) is 1.69. The van der Waals surface area contributed by atoms with Crippen molar-refractivity contribution in [3.8, 4) is 0 Å². The third kappa shape index (κ3) is 5.73. The third-order valence-corrected chi connectivity index (χ3v) is 5.33. The first kappa shape index (κ1) is 18.6. The van der Waals surface area contributed by atoms with Crippen LogP contribution >= 0.6 is 0 Å². The van der Waals surface area contributed by atoms with Crippen molar-refractivity contribution >= 4 is 25.8 Å². The quantitative estimate of drug-likeness (QED) is 0.619. The molecule has 0 unspecified atom stereocenters. The molecule has 0 saturated heterocycles. The maximum absolute atomic E-state index is 12.0. The Hall–Kier alpha value is -1.46. The number of amides is 1. The molecule has 22 heavy (non-hydrogen) atoms. The summed E-state index contributed by atoms with van der Waals surface area (Å²) in [6.45, 7) is 2.86. The molecule has 0 spiro atoms. The van der Waals surface area contributed by atoms with E-state index < -0.39 is 25.8 Å². The fourth-order valence-corrected chi connectivity index (χ4v) is 3.52. The predicted octanol–water partition coefficient (Wildman–Crippen LogP) is -0.879. The summed E-state index contributed by atoms with van der Waals surface area (Å²) in [5, 5.41) is 5.96. The van der Waals surface area contributed by atoms with Gasteiger partial charge in [0.25, 0.3) is 0 Å². The number of sulfonamides is 1. The zero-order valence-corrected chi connectivity index (χ0v) is 14.2. The van der Waals surface area contributed by atoms with E-state index in [2.05, 4.69) is 15.2 Å². The minimum atomic E-state index is -3.80. The Morgan fingerprint density at radius 1 is 1.18 bits per heavy atom. The van der Waals surface area contributed by atoms with E-state index >= 15 is 0 Å². The number of carbonyl (C=O) groups is 1. The third-order valence-electron chi connectivity index (χ3n) is 2.68. The number of aromatic nitrogens is 1. The summed E-state index contributed by atoms with van der Waals surface area (Å²) in [5.41, 5.74) is 0.239. The number of hydrogen-bond donors (Lipinski definition) is 2. The average Bonchev–Trinajstić information content (AvgIpc) is 2.67. The molecule has 1 rings (SSSR count). The highest BCUT2D eigenvalue weighted by Crippen LogP contribution is 2.18. The van der Waals surface area contributed by atoms with E-state index in [4.69, 9.17) is 4.52 Å². The number of sulfone groups is 1. The highest BCUT2D eigenvalue weighted by Gasteiger charge is 2.23. The first-order valence-corrected chi connectivity index (χ1v) is 9.94. The molecule has 1 aromatic heterocycles. The van der Waals surface area contributed by atoms with Crippen molar-refractivity contribution in [2.24, 2.45) is 0 Å². The standard InChI is InChI=1S/C11H19N3O6S2/c1-8-11(9(2)20-14-8)22(18,19)13-5-4-10(15)12-6-7-21(3,16)17/h13H,4-7H2,1-3H3,(H,12,15). The number of carbonyl (C=O) groups excluding carboxylic acids is 1. The summed E-state index contributed by atoms with van der Waals surface area (Å²) in [7, 11) is -6.95. The zero-order chi connectivity index (χ0) is 17.0. The van der Waals surface area contributed by atoms with Crippen LogP contribution in [0.2, 0.25) is 0 Å². The van der Waals surface area contributed by atoms with Crippen molar-refractivity contribution in [3.63, 3.8) is 0 Å². The Labute approximate surface area is 129 Å². The molecule has 0 aliphatic rings. The van der Waals surface area contributed by atoms with Gasteiger partial charge in [0.15, 0.2) is 5.76 Å². The van der Waals surface area contributed by atoms with Gasteiger partial charge in [-0.15, -0.1) is 0 Å². The summed E-state index contributed by atoms with van der Waals surface area (Å²) < 4.78 is 52.9. The van der Waals surface area contributed by atoms with Gasteiger partial charge in [-0.3, -0.25) is 4.79 Å². The van der Waals surface area contributed by atoms with Crippen LogP contribution in [0.5, 0.6) is 0 Å². The number of nitrogens with zero attached hydrogens (tertiary/aromatic N) is 1. The number of nitrogens with one attached hydrogen (secondary N) is 2. The van der Waals surface area contributed by atoms with Gasteiger partial charge in [-0.25, -0.2) is 21.6 Å². The van der Waals surface area contributed by atoms with Crippen LogP contribution in [-0.2, 0) is 24.7 Å². The second-order valence-electron chi connectivity index (χ2n) is 4.78. The SMILES string of the molecule is Cc1noc(C)c1S(=O)(=O)NCCC(=O)NCCS(C)(=O)=O. The molecule has 126 valence electrons. The van der Waals surface area contributed by atoms with E-state index in [9.17, 15) is 21.6 Å². The van der Waals surface area contributed by atoms with Crippen molar-refractivity contribution in [1.82, 2.24) is 15.2 Å². The average molecular weight is 353 g/mol. The maximum atomic E-state index is 12.0. The van der Waals surface area contributed by atoms with E-state index in [0.29, 0.717) is 0 Å². The van der Waals surface area contributed by atoms with E-state index in [1.807, 2.05) is 0 Å². The summed E-state index contributed by atoms with van der Waals surface area (Å²) >= 11 is 0. The van der Waals surface area contributed by atoms with Gasteiger partial charge in [0.1, 0.15) is 20.4 Å². The molecule has 1 aromatic rings. The molecule has 1 amide bonds.